The molecule has 0 spiro atoms. The molecule has 2 aromatic heterocycles. The number of tetrazole rings is 1. The molecule has 8 heteroatoms. The lowest BCUT2D eigenvalue weighted by Gasteiger charge is -2.12. The van der Waals surface area contributed by atoms with E-state index in [-0.39, 0.29) is 12.3 Å². The van der Waals surface area contributed by atoms with Crippen LogP contribution in [0.3, 0.4) is 0 Å². The predicted molar refractivity (Wildman–Crippen MR) is 82.4 cm³/mol. The third kappa shape index (κ3) is 2.83. The Balaban J connectivity index is 1.96. The summed E-state index contributed by atoms with van der Waals surface area (Å²) >= 11 is 0. The SMILES string of the molecule is [3H]c1ccc(OCc2c(-n3nnn(C)c3=O)cnnc2C)c(C)c1. The maximum Gasteiger partial charge on any atom is 0.368 e. The molecule has 0 unspecified atom stereocenters. The van der Waals surface area contributed by atoms with Crippen molar-refractivity contribution >= 4 is 0 Å². The molecular formula is C15H16N6O2. The highest BCUT2D eigenvalue weighted by Crippen LogP contribution is 2.20. The molecular weight excluding hydrogens is 296 g/mol. The summed E-state index contributed by atoms with van der Waals surface area (Å²) in [6.45, 7) is 3.85. The van der Waals surface area contributed by atoms with Crippen molar-refractivity contribution in [1.82, 2.24) is 30.0 Å². The summed E-state index contributed by atoms with van der Waals surface area (Å²) in [6.07, 6.45) is 1.46. The van der Waals surface area contributed by atoms with Crippen molar-refractivity contribution in [1.29, 1.82) is 0 Å². The van der Waals surface area contributed by atoms with Gasteiger partial charge >= 0.3 is 5.69 Å². The molecule has 0 atom stereocenters. The van der Waals surface area contributed by atoms with Gasteiger partial charge in [-0.25, -0.2) is 4.79 Å². The first kappa shape index (κ1) is 13.6. The highest BCUT2D eigenvalue weighted by Gasteiger charge is 2.15. The maximum atomic E-state index is 12.1. The fourth-order valence-corrected chi connectivity index (χ4v) is 2.13. The van der Waals surface area contributed by atoms with E-state index in [9.17, 15) is 4.79 Å². The summed E-state index contributed by atoms with van der Waals surface area (Å²) in [5.74, 6) is 0.666. The van der Waals surface area contributed by atoms with E-state index in [1.165, 1.54) is 17.9 Å². The maximum absolute atomic E-state index is 12.1. The minimum Gasteiger partial charge on any atom is -0.488 e. The number of rotatable bonds is 4. The summed E-state index contributed by atoms with van der Waals surface area (Å²) in [5, 5.41) is 15.5. The van der Waals surface area contributed by atoms with Gasteiger partial charge in [-0.15, -0.1) is 0 Å². The second-order valence-electron chi connectivity index (χ2n) is 5.07. The molecule has 8 nitrogen and oxygen atoms in total. The number of para-hydroxylation sites is 1. The molecule has 2 heterocycles. The first-order valence-corrected chi connectivity index (χ1v) is 6.98. The molecule has 3 rings (SSSR count). The Morgan fingerprint density at radius 3 is 2.83 bits per heavy atom. The summed E-state index contributed by atoms with van der Waals surface area (Å²) in [6, 6.07) is 5.55. The van der Waals surface area contributed by atoms with E-state index < -0.39 is 0 Å². The van der Waals surface area contributed by atoms with Gasteiger partial charge in [0.1, 0.15) is 18.0 Å². The first-order chi connectivity index (χ1) is 11.5. The third-order valence-corrected chi connectivity index (χ3v) is 3.47. The van der Waals surface area contributed by atoms with Gasteiger partial charge in [0, 0.05) is 12.6 Å². The fourth-order valence-electron chi connectivity index (χ4n) is 2.13. The molecule has 1 aromatic carbocycles. The minimum absolute atomic E-state index is 0.192. The molecule has 0 amide bonds. The highest BCUT2D eigenvalue weighted by molar-refractivity contribution is 5.40. The second kappa shape index (κ2) is 5.99. The average Bonchev–Trinajstić information content (AvgIpc) is 2.87. The van der Waals surface area contributed by atoms with E-state index in [0.29, 0.717) is 28.7 Å². The third-order valence-electron chi connectivity index (χ3n) is 3.47. The Labute approximate surface area is 133 Å². The molecule has 0 bridgehead atoms. The van der Waals surface area contributed by atoms with Crippen LogP contribution in [0.5, 0.6) is 5.75 Å². The molecule has 3 aromatic rings. The van der Waals surface area contributed by atoms with Crippen LogP contribution in [0.25, 0.3) is 5.69 Å². The lowest BCUT2D eigenvalue weighted by molar-refractivity contribution is 0.301. The minimum atomic E-state index is -0.376. The van der Waals surface area contributed by atoms with Gasteiger partial charge in [0.05, 0.1) is 13.3 Å². The van der Waals surface area contributed by atoms with Gasteiger partial charge in [0.2, 0.25) is 0 Å². The van der Waals surface area contributed by atoms with Gasteiger partial charge in [0.25, 0.3) is 0 Å². The Morgan fingerprint density at radius 2 is 2.13 bits per heavy atom. The number of benzene rings is 1. The molecule has 0 radical (unpaired) electrons. The van der Waals surface area contributed by atoms with Crippen molar-refractivity contribution < 1.29 is 6.11 Å². The van der Waals surface area contributed by atoms with E-state index in [0.717, 1.165) is 10.2 Å². The van der Waals surface area contributed by atoms with Crippen molar-refractivity contribution in [2.24, 2.45) is 7.05 Å². The summed E-state index contributed by atoms with van der Waals surface area (Å²) in [7, 11) is 1.52. The summed E-state index contributed by atoms with van der Waals surface area (Å²) in [4.78, 5) is 12.1. The molecule has 0 aliphatic carbocycles. The number of hydrogen-bond donors (Lipinski definition) is 0. The summed E-state index contributed by atoms with van der Waals surface area (Å²) in [5.41, 5.74) is 2.30. The Bertz CT molecular complexity index is 949. The van der Waals surface area contributed by atoms with Crippen LogP contribution in [0.1, 0.15) is 18.2 Å². The molecule has 118 valence electrons. The Hall–Kier alpha value is -3.03. The van der Waals surface area contributed by atoms with E-state index in [2.05, 4.69) is 20.6 Å². The molecule has 0 fully saturated rings. The summed E-state index contributed by atoms with van der Waals surface area (Å²) < 4.78 is 15.8. The van der Waals surface area contributed by atoms with Crippen molar-refractivity contribution in [3.05, 3.63) is 57.7 Å². The number of aryl methyl sites for hydroxylation is 3. The van der Waals surface area contributed by atoms with Crippen LogP contribution in [0.15, 0.2) is 35.2 Å². The van der Waals surface area contributed by atoms with Crippen LogP contribution in [0.2, 0.25) is 0 Å². The molecule has 0 aliphatic rings. The average molecular weight is 314 g/mol. The van der Waals surface area contributed by atoms with Crippen LogP contribution in [0.4, 0.5) is 0 Å². The van der Waals surface area contributed by atoms with E-state index in [1.807, 2.05) is 6.92 Å². The zero-order chi connectivity index (χ0) is 17.3. The van der Waals surface area contributed by atoms with E-state index in [4.69, 9.17) is 6.11 Å². The zero-order valence-corrected chi connectivity index (χ0v) is 13.0. The van der Waals surface area contributed by atoms with E-state index in [1.54, 1.807) is 25.1 Å². The quantitative estimate of drug-likeness (QED) is 0.712. The smallest absolute Gasteiger partial charge is 0.368 e. The van der Waals surface area contributed by atoms with Gasteiger partial charge in [-0.2, -0.15) is 19.6 Å². The fraction of sp³-hybridized carbons (Fsp3) is 0.267. The van der Waals surface area contributed by atoms with Crippen LogP contribution in [-0.4, -0.2) is 30.0 Å². The van der Waals surface area contributed by atoms with Gasteiger partial charge in [-0.1, -0.05) is 18.2 Å². The van der Waals surface area contributed by atoms with Crippen LogP contribution < -0.4 is 10.4 Å². The normalized spacial score (nSPS) is 11.3. The van der Waals surface area contributed by atoms with Crippen molar-refractivity contribution in [2.75, 3.05) is 0 Å². The molecule has 0 saturated carbocycles. The highest BCUT2D eigenvalue weighted by atomic mass is 16.5. The van der Waals surface area contributed by atoms with Gasteiger partial charge in [-0.3, -0.25) is 0 Å². The molecule has 0 N–H and O–H groups in total. The second-order valence-corrected chi connectivity index (χ2v) is 5.07. The Morgan fingerprint density at radius 1 is 1.30 bits per heavy atom. The van der Waals surface area contributed by atoms with Gasteiger partial charge < -0.3 is 4.74 Å². The molecule has 0 saturated heterocycles. The lowest BCUT2D eigenvalue weighted by atomic mass is 10.2. The number of ether oxygens (including phenoxy) is 1. The van der Waals surface area contributed by atoms with Crippen molar-refractivity contribution in [3.8, 4) is 11.4 Å². The number of hydrogen-bond acceptors (Lipinski definition) is 6. The zero-order valence-electron chi connectivity index (χ0n) is 14.0. The monoisotopic (exact) mass is 314 g/mol. The van der Waals surface area contributed by atoms with E-state index >= 15 is 0 Å². The standard InChI is InChI=1S/C15H16N6O2/c1-10-6-4-5-7-14(10)23-9-12-11(2)17-16-8-13(12)21-15(22)20(3)18-19-21/h4-8H,9H2,1-3H3/i4T. The first-order valence-electron chi connectivity index (χ1n) is 7.48. The lowest BCUT2D eigenvalue weighted by Crippen LogP contribution is -2.24. The topological polar surface area (TPSA) is 87.7 Å². The largest absolute Gasteiger partial charge is 0.488 e. The van der Waals surface area contributed by atoms with Crippen LogP contribution in [-0.2, 0) is 13.7 Å². The number of aromatic nitrogens is 6. The van der Waals surface area contributed by atoms with Gasteiger partial charge in [-0.05, 0) is 35.9 Å². The number of nitrogens with zero attached hydrogens (tertiary/aromatic N) is 6. The predicted octanol–water partition coefficient (Wildman–Crippen LogP) is 0.952. The van der Waals surface area contributed by atoms with Crippen molar-refractivity contribution in [2.45, 2.75) is 20.5 Å². The van der Waals surface area contributed by atoms with Crippen LogP contribution >= 0.6 is 0 Å². The van der Waals surface area contributed by atoms with Gasteiger partial charge in [0.15, 0.2) is 0 Å². The molecule has 0 aliphatic heterocycles. The van der Waals surface area contributed by atoms with Crippen LogP contribution in [0, 0.1) is 13.8 Å². The molecule has 23 heavy (non-hydrogen) atoms. The van der Waals surface area contributed by atoms with Crippen molar-refractivity contribution in [3.63, 3.8) is 0 Å². The Kier molecular flexibility index (Phi) is 3.55.